The summed E-state index contributed by atoms with van der Waals surface area (Å²) in [6.07, 6.45) is 2.28. The highest BCUT2D eigenvalue weighted by Gasteiger charge is 2.15. The molecule has 0 aliphatic heterocycles. The number of pyridine rings is 1. The Morgan fingerprint density at radius 2 is 2.04 bits per heavy atom. The van der Waals surface area contributed by atoms with E-state index in [4.69, 9.17) is 5.73 Å². The zero-order valence-corrected chi connectivity index (χ0v) is 12.2. The van der Waals surface area contributed by atoms with Gasteiger partial charge in [-0.15, -0.1) is 0 Å². The number of carbonyl (C=O) groups is 1. The van der Waals surface area contributed by atoms with Gasteiger partial charge in [0.25, 0.3) is 5.91 Å². The molecular weight excluding hydrogens is 297 g/mol. The Balaban J connectivity index is 1.80. The standard InChI is InChI=1S/C16H14FN5O/c17-12-6-3-5-11-13(12)21-16(18)22-14(11)15(23)20-9-7-10-4-1-2-8-19-10/h1-6,8H,7,9H2,(H,20,23)(H2,18,21,22). The summed E-state index contributed by atoms with van der Waals surface area (Å²) in [6.45, 7) is 0.385. The molecule has 0 aliphatic rings. The van der Waals surface area contributed by atoms with Crippen molar-refractivity contribution in [2.45, 2.75) is 6.42 Å². The number of carbonyl (C=O) groups excluding carboxylic acids is 1. The van der Waals surface area contributed by atoms with Crippen molar-refractivity contribution in [3.63, 3.8) is 0 Å². The third-order valence-electron chi connectivity index (χ3n) is 3.30. The van der Waals surface area contributed by atoms with Crippen molar-refractivity contribution in [1.82, 2.24) is 20.3 Å². The maximum Gasteiger partial charge on any atom is 0.270 e. The lowest BCUT2D eigenvalue weighted by molar-refractivity contribution is 0.0951. The Morgan fingerprint density at radius 1 is 1.17 bits per heavy atom. The number of anilines is 1. The number of hydrogen-bond acceptors (Lipinski definition) is 5. The summed E-state index contributed by atoms with van der Waals surface area (Å²) in [5.41, 5.74) is 6.54. The van der Waals surface area contributed by atoms with Crippen LogP contribution in [0.1, 0.15) is 16.2 Å². The molecule has 0 bridgehead atoms. The molecule has 0 spiro atoms. The molecular formula is C16H14FN5O. The van der Waals surface area contributed by atoms with Crippen molar-refractivity contribution in [1.29, 1.82) is 0 Å². The van der Waals surface area contributed by atoms with E-state index in [-0.39, 0.29) is 17.2 Å². The fourth-order valence-electron chi connectivity index (χ4n) is 2.24. The Labute approximate surface area is 131 Å². The highest BCUT2D eigenvalue weighted by atomic mass is 19.1. The van der Waals surface area contributed by atoms with Crippen LogP contribution in [0.3, 0.4) is 0 Å². The first-order valence-electron chi connectivity index (χ1n) is 7.05. The second-order valence-corrected chi connectivity index (χ2v) is 4.89. The van der Waals surface area contributed by atoms with Gasteiger partial charge < -0.3 is 11.1 Å². The molecule has 2 heterocycles. The van der Waals surface area contributed by atoms with E-state index >= 15 is 0 Å². The van der Waals surface area contributed by atoms with Crippen molar-refractivity contribution in [2.75, 3.05) is 12.3 Å². The van der Waals surface area contributed by atoms with Crippen molar-refractivity contribution in [3.8, 4) is 0 Å². The van der Waals surface area contributed by atoms with Gasteiger partial charge in [-0.25, -0.2) is 14.4 Å². The summed E-state index contributed by atoms with van der Waals surface area (Å²) in [6, 6.07) is 9.93. The van der Waals surface area contributed by atoms with Crippen LogP contribution in [-0.2, 0) is 6.42 Å². The number of rotatable bonds is 4. The van der Waals surface area contributed by atoms with Gasteiger partial charge in [0, 0.05) is 30.2 Å². The van der Waals surface area contributed by atoms with Crippen molar-refractivity contribution in [2.24, 2.45) is 0 Å². The van der Waals surface area contributed by atoms with Crippen LogP contribution in [0.25, 0.3) is 10.9 Å². The maximum absolute atomic E-state index is 13.8. The molecule has 116 valence electrons. The summed E-state index contributed by atoms with van der Waals surface area (Å²) < 4.78 is 13.8. The van der Waals surface area contributed by atoms with Crippen LogP contribution in [0.4, 0.5) is 10.3 Å². The summed E-state index contributed by atoms with van der Waals surface area (Å²) in [7, 11) is 0. The number of nitrogens with one attached hydrogen (secondary N) is 1. The number of amides is 1. The summed E-state index contributed by atoms with van der Waals surface area (Å²) in [5, 5.41) is 3.07. The van der Waals surface area contributed by atoms with Crippen LogP contribution in [0, 0.1) is 5.82 Å². The van der Waals surface area contributed by atoms with Gasteiger partial charge in [0.05, 0.1) is 0 Å². The Bertz CT molecular complexity index is 854. The van der Waals surface area contributed by atoms with E-state index in [9.17, 15) is 9.18 Å². The highest BCUT2D eigenvalue weighted by Crippen LogP contribution is 2.19. The number of hydrogen-bond donors (Lipinski definition) is 2. The largest absolute Gasteiger partial charge is 0.368 e. The molecule has 23 heavy (non-hydrogen) atoms. The van der Waals surface area contributed by atoms with Crippen LogP contribution < -0.4 is 11.1 Å². The fraction of sp³-hybridized carbons (Fsp3) is 0.125. The van der Waals surface area contributed by atoms with Gasteiger partial charge in [-0.1, -0.05) is 18.2 Å². The predicted molar refractivity (Wildman–Crippen MR) is 84.2 cm³/mol. The number of benzene rings is 1. The van der Waals surface area contributed by atoms with E-state index < -0.39 is 11.7 Å². The molecule has 0 saturated heterocycles. The molecule has 0 saturated carbocycles. The summed E-state index contributed by atoms with van der Waals surface area (Å²) in [5.74, 6) is -1.11. The van der Waals surface area contributed by atoms with Crippen LogP contribution in [-0.4, -0.2) is 27.4 Å². The van der Waals surface area contributed by atoms with E-state index in [0.717, 1.165) is 5.69 Å². The minimum Gasteiger partial charge on any atom is -0.368 e. The fourth-order valence-corrected chi connectivity index (χ4v) is 2.24. The molecule has 3 N–H and O–H groups in total. The Hall–Kier alpha value is -3.09. The van der Waals surface area contributed by atoms with Crippen molar-refractivity contribution < 1.29 is 9.18 Å². The molecule has 0 radical (unpaired) electrons. The third-order valence-corrected chi connectivity index (χ3v) is 3.30. The quantitative estimate of drug-likeness (QED) is 0.765. The van der Waals surface area contributed by atoms with Gasteiger partial charge in [-0.2, -0.15) is 0 Å². The van der Waals surface area contributed by atoms with E-state index in [0.29, 0.717) is 18.4 Å². The van der Waals surface area contributed by atoms with E-state index in [1.165, 1.54) is 12.1 Å². The van der Waals surface area contributed by atoms with Crippen molar-refractivity contribution in [3.05, 3.63) is 59.8 Å². The molecule has 0 unspecified atom stereocenters. The third kappa shape index (κ3) is 3.23. The van der Waals surface area contributed by atoms with E-state index in [1.807, 2.05) is 18.2 Å². The second kappa shape index (κ2) is 6.35. The lowest BCUT2D eigenvalue weighted by Gasteiger charge is -2.08. The maximum atomic E-state index is 13.8. The molecule has 1 aromatic carbocycles. The van der Waals surface area contributed by atoms with Gasteiger partial charge in [-0.3, -0.25) is 9.78 Å². The van der Waals surface area contributed by atoms with Gasteiger partial charge in [0.15, 0.2) is 0 Å². The predicted octanol–water partition coefficient (Wildman–Crippen LogP) is 1.72. The molecule has 6 nitrogen and oxygen atoms in total. The molecule has 0 aliphatic carbocycles. The lowest BCUT2D eigenvalue weighted by Crippen LogP contribution is -2.27. The highest BCUT2D eigenvalue weighted by molar-refractivity contribution is 6.04. The zero-order chi connectivity index (χ0) is 16.2. The molecule has 7 heteroatoms. The number of fused-ring (bicyclic) bond motifs is 1. The van der Waals surface area contributed by atoms with Gasteiger partial charge >= 0.3 is 0 Å². The minimum atomic E-state index is -0.542. The number of halogens is 1. The number of aromatic nitrogens is 3. The van der Waals surface area contributed by atoms with Crippen LogP contribution in [0.2, 0.25) is 0 Å². The lowest BCUT2D eigenvalue weighted by atomic mass is 10.1. The SMILES string of the molecule is Nc1nc(C(=O)NCCc2ccccn2)c2cccc(F)c2n1. The normalized spacial score (nSPS) is 10.7. The number of nitrogen functional groups attached to an aromatic ring is 1. The molecule has 3 rings (SSSR count). The van der Waals surface area contributed by atoms with Gasteiger partial charge in [0.2, 0.25) is 5.95 Å². The van der Waals surface area contributed by atoms with Crippen LogP contribution >= 0.6 is 0 Å². The van der Waals surface area contributed by atoms with Crippen LogP contribution in [0.5, 0.6) is 0 Å². The molecule has 1 amide bonds. The topological polar surface area (TPSA) is 93.8 Å². The first-order chi connectivity index (χ1) is 11.1. The average molecular weight is 311 g/mol. The first kappa shape index (κ1) is 14.8. The van der Waals surface area contributed by atoms with E-state index in [1.54, 1.807) is 12.3 Å². The molecule has 0 fully saturated rings. The monoisotopic (exact) mass is 311 g/mol. The first-order valence-corrected chi connectivity index (χ1v) is 7.05. The number of nitrogens with two attached hydrogens (primary N) is 1. The number of nitrogens with zero attached hydrogens (tertiary/aromatic N) is 3. The summed E-state index contributed by atoms with van der Waals surface area (Å²) in [4.78, 5) is 24.3. The van der Waals surface area contributed by atoms with Gasteiger partial charge in [0.1, 0.15) is 17.0 Å². The smallest absolute Gasteiger partial charge is 0.270 e. The molecule has 2 aromatic heterocycles. The van der Waals surface area contributed by atoms with Gasteiger partial charge in [-0.05, 0) is 18.2 Å². The average Bonchev–Trinajstić information content (AvgIpc) is 2.56. The molecule has 3 aromatic rings. The Kier molecular flexibility index (Phi) is 4.09. The summed E-state index contributed by atoms with van der Waals surface area (Å²) >= 11 is 0. The zero-order valence-electron chi connectivity index (χ0n) is 12.2. The minimum absolute atomic E-state index is 0.0369. The second-order valence-electron chi connectivity index (χ2n) is 4.89. The number of para-hydroxylation sites is 1. The van der Waals surface area contributed by atoms with Crippen LogP contribution in [0.15, 0.2) is 42.6 Å². The van der Waals surface area contributed by atoms with E-state index in [2.05, 4.69) is 20.3 Å². The molecule has 0 atom stereocenters. The van der Waals surface area contributed by atoms with Crippen molar-refractivity contribution >= 4 is 22.8 Å². The Morgan fingerprint density at radius 3 is 2.83 bits per heavy atom.